The summed E-state index contributed by atoms with van der Waals surface area (Å²) in [5.41, 5.74) is 0.458. The summed E-state index contributed by atoms with van der Waals surface area (Å²) >= 11 is 0. The molecule has 7 heteroatoms. The Morgan fingerprint density at radius 3 is 2.23 bits per heavy atom. The first-order chi connectivity index (χ1) is 10.3. The number of epoxide rings is 1. The Balaban J connectivity index is 0.000000406. The number of carbonyl (C=O) groups is 3. The molecule has 0 aromatic heterocycles. The molecule has 0 amide bonds. The Labute approximate surface area is 128 Å². The van der Waals surface area contributed by atoms with E-state index < -0.39 is 11.9 Å². The van der Waals surface area contributed by atoms with E-state index in [1.165, 1.54) is 0 Å². The van der Waals surface area contributed by atoms with Gasteiger partial charge in [0.25, 0.3) is 0 Å². The fraction of sp³-hybridized carbons (Fsp3) is 0.400. The molecule has 1 fully saturated rings. The van der Waals surface area contributed by atoms with Gasteiger partial charge in [-0.3, -0.25) is 0 Å². The molecule has 1 unspecified atom stereocenters. The zero-order valence-corrected chi connectivity index (χ0v) is 12.7. The largest absolute Gasteiger partial charge is 0.478 e. The molecule has 0 saturated carbocycles. The van der Waals surface area contributed by atoms with Gasteiger partial charge in [0.05, 0.1) is 18.8 Å². The lowest BCUT2D eigenvalue weighted by Gasteiger charge is -1.99. The van der Waals surface area contributed by atoms with Gasteiger partial charge in [-0.1, -0.05) is 13.2 Å². The van der Waals surface area contributed by atoms with E-state index in [1.807, 2.05) is 0 Å². The highest BCUT2D eigenvalue weighted by Crippen LogP contribution is 2.09. The molecule has 0 aliphatic carbocycles. The number of hydrogen-bond acceptors (Lipinski definition) is 6. The monoisotopic (exact) mass is 312 g/mol. The van der Waals surface area contributed by atoms with Crippen molar-refractivity contribution in [2.45, 2.75) is 20.0 Å². The number of esters is 2. The molecule has 122 valence electrons. The molecule has 0 spiro atoms. The molecule has 1 heterocycles. The smallest absolute Gasteiger partial charge is 0.337 e. The fourth-order valence-corrected chi connectivity index (χ4v) is 0.920. The van der Waals surface area contributed by atoms with Crippen molar-refractivity contribution in [2.75, 3.05) is 19.8 Å². The van der Waals surface area contributed by atoms with Crippen molar-refractivity contribution in [3.05, 3.63) is 36.5 Å². The average Bonchev–Trinajstić information content (AvgIpc) is 3.27. The van der Waals surface area contributed by atoms with Crippen LogP contribution < -0.4 is 0 Å². The van der Waals surface area contributed by atoms with Crippen LogP contribution in [0.1, 0.15) is 13.8 Å². The maximum Gasteiger partial charge on any atom is 0.337 e. The van der Waals surface area contributed by atoms with Crippen molar-refractivity contribution in [1.29, 1.82) is 0 Å². The molecule has 1 aliphatic heterocycles. The molecule has 0 aromatic rings. The molecule has 1 saturated heterocycles. The van der Waals surface area contributed by atoms with Gasteiger partial charge in [-0.25, -0.2) is 14.4 Å². The zero-order valence-electron chi connectivity index (χ0n) is 12.7. The summed E-state index contributed by atoms with van der Waals surface area (Å²) < 4.78 is 14.1. The van der Waals surface area contributed by atoms with E-state index in [9.17, 15) is 14.4 Å². The summed E-state index contributed by atoms with van der Waals surface area (Å²) in [5.74, 6) is -2.06. The van der Waals surface area contributed by atoms with E-state index in [0.717, 1.165) is 12.2 Å². The van der Waals surface area contributed by atoms with Gasteiger partial charge in [-0.15, -0.1) is 0 Å². The van der Waals surface area contributed by atoms with E-state index in [-0.39, 0.29) is 24.3 Å². The Hall–Kier alpha value is -2.41. The second-order valence-corrected chi connectivity index (χ2v) is 4.25. The maximum atomic E-state index is 10.8. The first-order valence-electron chi connectivity index (χ1n) is 6.49. The van der Waals surface area contributed by atoms with Crippen LogP contribution in [-0.4, -0.2) is 48.9 Å². The molecule has 0 radical (unpaired) electrons. The van der Waals surface area contributed by atoms with Crippen LogP contribution in [0.4, 0.5) is 0 Å². The molecule has 1 aliphatic rings. The van der Waals surface area contributed by atoms with Crippen LogP contribution in [0.25, 0.3) is 0 Å². The van der Waals surface area contributed by atoms with Gasteiger partial charge in [0.15, 0.2) is 0 Å². The summed E-state index contributed by atoms with van der Waals surface area (Å²) in [4.78, 5) is 31.5. The van der Waals surface area contributed by atoms with E-state index in [1.54, 1.807) is 13.8 Å². The van der Waals surface area contributed by atoms with Crippen LogP contribution in [0.15, 0.2) is 36.5 Å². The van der Waals surface area contributed by atoms with E-state index in [0.29, 0.717) is 18.8 Å². The highest BCUT2D eigenvalue weighted by molar-refractivity contribution is 5.93. The second-order valence-electron chi connectivity index (χ2n) is 4.25. The zero-order chi connectivity index (χ0) is 17.1. The van der Waals surface area contributed by atoms with Gasteiger partial charge < -0.3 is 19.3 Å². The molecule has 1 rings (SSSR count). The second kappa shape index (κ2) is 10.3. The molecular formula is C15H20O7. The molecule has 1 atom stereocenters. The Morgan fingerprint density at radius 1 is 1.23 bits per heavy atom. The Bertz CT molecular complexity index is 472. The van der Waals surface area contributed by atoms with Gasteiger partial charge in [-0.2, -0.15) is 0 Å². The normalized spacial score (nSPS) is 15.3. The van der Waals surface area contributed by atoms with Crippen molar-refractivity contribution in [2.24, 2.45) is 0 Å². The van der Waals surface area contributed by atoms with Crippen LogP contribution in [0, 0.1) is 0 Å². The fourth-order valence-electron chi connectivity index (χ4n) is 0.920. The lowest BCUT2D eigenvalue weighted by Crippen LogP contribution is -2.09. The molecule has 0 bridgehead atoms. The standard InChI is InChI=1S/C8H10O4.C7H10O3/c1-3-12-8(11)6(2)4-5-7(9)10;1-5(2)7(8)10-4-6-3-9-6/h4-5H,2-3H2,1H3,(H,9,10);6H,1,3-4H2,2H3. The van der Waals surface area contributed by atoms with Crippen LogP contribution >= 0.6 is 0 Å². The number of hydrogen-bond donors (Lipinski definition) is 1. The van der Waals surface area contributed by atoms with Gasteiger partial charge >= 0.3 is 17.9 Å². The highest BCUT2D eigenvalue weighted by Gasteiger charge is 2.24. The van der Waals surface area contributed by atoms with Gasteiger partial charge in [0.2, 0.25) is 0 Å². The molecule has 1 N–H and O–H groups in total. The highest BCUT2D eigenvalue weighted by atomic mass is 16.6. The Morgan fingerprint density at radius 2 is 1.82 bits per heavy atom. The number of carbonyl (C=O) groups excluding carboxylic acids is 2. The lowest BCUT2D eigenvalue weighted by molar-refractivity contribution is -0.139. The van der Waals surface area contributed by atoms with E-state index >= 15 is 0 Å². The van der Waals surface area contributed by atoms with Gasteiger partial charge in [0, 0.05) is 11.6 Å². The van der Waals surface area contributed by atoms with Crippen molar-refractivity contribution in [1.82, 2.24) is 0 Å². The summed E-state index contributed by atoms with van der Waals surface area (Å²) in [5, 5.41) is 8.19. The van der Waals surface area contributed by atoms with Gasteiger partial charge in [0.1, 0.15) is 12.7 Å². The van der Waals surface area contributed by atoms with Crippen LogP contribution in [0.2, 0.25) is 0 Å². The summed E-state index contributed by atoms with van der Waals surface area (Å²) in [6, 6.07) is 0. The number of ether oxygens (including phenoxy) is 3. The molecule has 0 aromatic carbocycles. The van der Waals surface area contributed by atoms with Crippen molar-refractivity contribution in [3.63, 3.8) is 0 Å². The topological polar surface area (TPSA) is 102 Å². The van der Waals surface area contributed by atoms with Crippen molar-refractivity contribution >= 4 is 17.9 Å². The first-order valence-corrected chi connectivity index (χ1v) is 6.49. The molecular weight excluding hydrogens is 292 g/mol. The molecule has 7 nitrogen and oxygen atoms in total. The number of aliphatic carboxylic acids is 1. The van der Waals surface area contributed by atoms with Crippen LogP contribution in [-0.2, 0) is 28.6 Å². The van der Waals surface area contributed by atoms with Crippen molar-refractivity contribution in [3.8, 4) is 0 Å². The summed E-state index contributed by atoms with van der Waals surface area (Å²) in [7, 11) is 0. The minimum absolute atomic E-state index is 0.0271. The van der Waals surface area contributed by atoms with Crippen LogP contribution in [0.3, 0.4) is 0 Å². The number of carboxylic acids is 1. The number of rotatable bonds is 7. The third-order valence-corrected chi connectivity index (χ3v) is 2.12. The quantitative estimate of drug-likeness (QED) is 0.326. The van der Waals surface area contributed by atoms with Gasteiger partial charge in [-0.05, 0) is 19.9 Å². The van der Waals surface area contributed by atoms with E-state index in [4.69, 9.17) is 14.6 Å². The number of carboxylic acid groups (broad SMARTS) is 1. The summed E-state index contributed by atoms with van der Waals surface area (Å²) in [6.07, 6.45) is 2.07. The summed E-state index contributed by atoms with van der Waals surface area (Å²) in [6.45, 7) is 11.4. The molecule has 22 heavy (non-hydrogen) atoms. The predicted molar refractivity (Wildman–Crippen MR) is 78.1 cm³/mol. The minimum Gasteiger partial charge on any atom is -0.478 e. The maximum absolute atomic E-state index is 10.8. The average molecular weight is 312 g/mol. The van der Waals surface area contributed by atoms with E-state index in [2.05, 4.69) is 17.9 Å². The first kappa shape index (κ1) is 19.6. The third kappa shape index (κ3) is 10.4. The Kier molecular flexibility index (Phi) is 9.20. The lowest BCUT2D eigenvalue weighted by atomic mass is 10.3. The third-order valence-electron chi connectivity index (χ3n) is 2.12. The SMILES string of the molecule is C=C(C)C(=O)OCC1CO1.C=C(C=CC(=O)O)C(=O)OCC. The predicted octanol–water partition coefficient (Wildman–Crippen LogP) is 1.25. The van der Waals surface area contributed by atoms with Crippen LogP contribution in [0.5, 0.6) is 0 Å². The minimum atomic E-state index is -1.12. The van der Waals surface area contributed by atoms with Crippen molar-refractivity contribution < 1.29 is 33.7 Å².